The molecule has 188 valence electrons. The van der Waals surface area contributed by atoms with Crippen molar-refractivity contribution in [3.05, 3.63) is 66.1 Å². The van der Waals surface area contributed by atoms with Crippen LogP contribution < -0.4 is 16.4 Å². The van der Waals surface area contributed by atoms with Crippen molar-refractivity contribution in [2.45, 2.75) is 13.1 Å². The molecule has 0 aliphatic carbocycles. The number of Topliss-reactive ketones (excluding diaryl/α,β-unsaturated/α-hetero) is 1. The molecule has 0 aliphatic rings. The minimum Gasteiger partial charge on any atom is -0.382 e. The van der Waals surface area contributed by atoms with E-state index in [1.165, 1.54) is 24.0 Å². The van der Waals surface area contributed by atoms with Gasteiger partial charge in [0.2, 0.25) is 5.95 Å². The third-order valence-electron chi connectivity index (χ3n) is 5.62. The minimum absolute atomic E-state index is 0.0317. The number of fused-ring (bicyclic) bond motifs is 2. The van der Waals surface area contributed by atoms with Crippen LogP contribution in [0, 0.1) is 0 Å². The van der Waals surface area contributed by atoms with Gasteiger partial charge in [-0.1, -0.05) is 12.1 Å². The monoisotopic (exact) mass is 508 g/mol. The number of hydrogen-bond acceptors (Lipinski definition) is 7. The fourth-order valence-electron chi connectivity index (χ4n) is 3.92. The summed E-state index contributed by atoms with van der Waals surface area (Å²) in [5.74, 6) is -0.471. The number of nitrogen functional groups attached to an aromatic ring is 1. The molecular weight excluding hydrogens is 489 g/mol. The molecule has 2 aromatic carbocycles. The number of benzene rings is 2. The molecule has 0 aliphatic heterocycles. The molecule has 3 aromatic heterocycles. The van der Waals surface area contributed by atoms with Gasteiger partial charge in [-0.2, -0.15) is 18.3 Å². The Kier molecular flexibility index (Phi) is 5.74. The van der Waals surface area contributed by atoms with E-state index in [0.29, 0.717) is 44.9 Å². The number of amides is 1. The Morgan fingerprint density at radius 1 is 1.14 bits per heavy atom. The summed E-state index contributed by atoms with van der Waals surface area (Å²) in [5, 5.41) is 9.04. The summed E-state index contributed by atoms with van der Waals surface area (Å²) in [7, 11) is 0. The number of H-pyrrole nitrogens is 1. The summed E-state index contributed by atoms with van der Waals surface area (Å²) in [6.07, 6.45) is -2.07. The van der Waals surface area contributed by atoms with Gasteiger partial charge in [-0.25, -0.2) is 14.5 Å². The fraction of sp³-hybridized carbons (Fsp3) is 0.125. The Balaban J connectivity index is 1.47. The van der Waals surface area contributed by atoms with Gasteiger partial charge >= 0.3 is 6.18 Å². The molecule has 5 rings (SSSR count). The van der Waals surface area contributed by atoms with Gasteiger partial charge in [0.1, 0.15) is 18.4 Å². The highest BCUT2D eigenvalue weighted by Gasteiger charge is 2.29. The minimum atomic E-state index is -4.56. The standard InChI is InChI=1S/C24H19F3N8O2/c1-12(36)14-4-7-17-18(8-14)34-23(33-17)32-15-5-2-13(3-6-15)19-16(22(37)29-10-24(25,26)27)9-35-20(19)21(28)30-11-31-35/h2-9,11H,10H2,1H3,(H,29,37)(H2,28,30,31)(H2,32,33,34). The van der Waals surface area contributed by atoms with Gasteiger partial charge in [0.05, 0.1) is 16.6 Å². The average molecular weight is 508 g/mol. The molecule has 10 nitrogen and oxygen atoms in total. The lowest BCUT2D eigenvalue weighted by Gasteiger charge is -2.10. The number of aromatic amines is 1. The van der Waals surface area contributed by atoms with Crippen LogP contribution in [0.5, 0.6) is 0 Å². The zero-order chi connectivity index (χ0) is 26.3. The summed E-state index contributed by atoms with van der Waals surface area (Å²) >= 11 is 0. The Hall–Kier alpha value is -4.94. The number of nitrogens with two attached hydrogens (primary N) is 1. The van der Waals surface area contributed by atoms with Crippen LogP contribution in [-0.2, 0) is 0 Å². The van der Waals surface area contributed by atoms with E-state index in [2.05, 4.69) is 25.4 Å². The molecule has 5 aromatic rings. The molecule has 0 saturated heterocycles. The Morgan fingerprint density at radius 2 is 1.89 bits per heavy atom. The molecular formula is C24H19F3N8O2. The van der Waals surface area contributed by atoms with Crippen LogP contribution in [0.1, 0.15) is 27.6 Å². The summed E-state index contributed by atoms with van der Waals surface area (Å²) in [4.78, 5) is 35.8. The largest absolute Gasteiger partial charge is 0.405 e. The number of nitrogens with zero attached hydrogens (tertiary/aromatic N) is 4. The molecule has 0 spiro atoms. The number of nitrogens with one attached hydrogen (secondary N) is 3. The predicted octanol–water partition coefficient (Wildman–Crippen LogP) is 4.09. The third kappa shape index (κ3) is 4.78. The van der Waals surface area contributed by atoms with Crippen LogP contribution >= 0.6 is 0 Å². The second kappa shape index (κ2) is 8.93. The normalized spacial score (nSPS) is 11.7. The van der Waals surface area contributed by atoms with Crippen molar-refractivity contribution in [3.8, 4) is 11.1 Å². The maximum absolute atomic E-state index is 12.7. The van der Waals surface area contributed by atoms with Gasteiger partial charge in [-0.3, -0.25) is 9.59 Å². The van der Waals surface area contributed by atoms with Gasteiger partial charge in [-0.15, -0.1) is 0 Å². The molecule has 13 heteroatoms. The fourth-order valence-corrected chi connectivity index (χ4v) is 3.92. The van der Waals surface area contributed by atoms with Gasteiger partial charge in [0.15, 0.2) is 11.6 Å². The molecule has 0 radical (unpaired) electrons. The molecule has 1 amide bonds. The number of carbonyl (C=O) groups excluding carboxylic acids is 2. The summed E-state index contributed by atoms with van der Waals surface area (Å²) in [5.41, 5.74) is 9.66. The second-order valence-electron chi connectivity index (χ2n) is 8.23. The zero-order valence-corrected chi connectivity index (χ0v) is 19.2. The summed E-state index contributed by atoms with van der Waals surface area (Å²) in [6.45, 7) is 0.00467. The summed E-state index contributed by atoms with van der Waals surface area (Å²) < 4.78 is 39.3. The molecule has 0 fully saturated rings. The Morgan fingerprint density at radius 3 is 2.59 bits per heavy atom. The van der Waals surface area contributed by atoms with Crippen molar-refractivity contribution >= 4 is 45.7 Å². The van der Waals surface area contributed by atoms with E-state index in [0.717, 1.165) is 0 Å². The lowest BCUT2D eigenvalue weighted by atomic mass is 10.0. The van der Waals surface area contributed by atoms with Crippen LogP contribution in [0.4, 0.5) is 30.6 Å². The van der Waals surface area contributed by atoms with Gasteiger partial charge in [0, 0.05) is 23.0 Å². The first kappa shape index (κ1) is 23.8. The topological polar surface area (TPSA) is 143 Å². The van der Waals surface area contributed by atoms with Gasteiger partial charge < -0.3 is 21.4 Å². The molecule has 0 atom stereocenters. The molecule has 37 heavy (non-hydrogen) atoms. The number of ketones is 1. The van der Waals surface area contributed by atoms with Crippen LogP contribution in [0.3, 0.4) is 0 Å². The molecule has 0 bridgehead atoms. The van der Waals surface area contributed by atoms with Crippen molar-refractivity contribution in [2.75, 3.05) is 17.6 Å². The number of halogens is 3. The Bertz CT molecular complexity index is 1650. The van der Waals surface area contributed by atoms with E-state index in [9.17, 15) is 22.8 Å². The van der Waals surface area contributed by atoms with E-state index < -0.39 is 18.6 Å². The van der Waals surface area contributed by atoms with E-state index in [1.807, 2.05) is 5.32 Å². The van der Waals surface area contributed by atoms with Crippen LogP contribution in [-0.4, -0.2) is 49.0 Å². The maximum atomic E-state index is 12.7. The smallest absolute Gasteiger partial charge is 0.382 e. The number of imidazole rings is 1. The lowest BCUT2D eigenvalue weighted by Crippen LogP contribution is -2.33. The molecule has 3 heterocycles. The van der Waals surface area contributed by atoms with E-state index in [4.69, 9.17) is 5.73 Å². The first-order valence-corrected chi connectivity index (χ1v) is 10.9. The van der Waals surface area contributed by atoms with Crippen LogP contribution in [0.15, 0.2) is 55.0 Å². The Labute approximate surface area is 206 Å². The highest BCUT2D eigenvalue weighted by molar-refractivity contribution is 6.07. The lowest BCUT2D eigenvalue weighted by molar-refractivity contribution is -0.123. The van der Waals surface area contributed by atoms with Gasteiger partial charge in [-0.05, 0) is 42.8 Å². The summed E-state index contributed by atoms with van der Waals surface area (Å²) in [6, 6.07) is 11.9. The number of carbonyl (C=O) groups is 2. The number of alkyl halides is 3. The zero-order valence-electron chi connectivity index (χ0n) is 19.2. The first-order chi connectivity index (χ1) is 17.6. The van der Waals surface area contributed by atoms with Crippen molar-refractivity contribution < 1.29 is 22.8 Å². The number of rotatable bonds is 6. The molecule has 0 unspecified atom stereocenters. The van der Waals surface area contributed by atoms with E-state index in [1.54, 1.807) is 42.5 Å². The highest BCUT2D eigenvalue weighted by Crippen LogP contribution is 2.33. The van der Waals surface area contributed by atoms with Gasteiger partial charge in [0.25, 0.3) is 5.91 Å². The predicted molar refractivity (Wildman–Crippen MR) is 131 cm³/mol. The average Bonchev–Trinajstić information content (AvgIpc) is 3.44. The number of aromatic nitrogens is 5. The quantitative estimate of drug-likeness (QED) is 0.253. The first-order valence-electron chi connectivity index (χ1n) is 10.9. The van der Waals surface area contributed by atoms with Crippen molar-refractivity contribution in [1.29, 1.82) is 0 Å². The second-order valence-corrected chi connectivity index (χ2v) is 8.23. The SMILES string of the molecule is CC(=O)c1ccc2nc(Nc3ccc(-c4c(C(=O)NCC(F)(F)F)cn5ncnc(N)c45)cc3)[nH]c2c1. The van der Waals surface area contributed by atoms with Crippen molar-refractivity contribution in [2.24, 2.45) is 0 Å². The van der Waals surface area contributed by atoms with Crippen molar-refractivity contribution in [1.82, 2.24) is 29.9 Å². The van der Waals surface area contributed by atoms with E-state index >= 15 is 0 Å². The maximum Gasteiger partial charge on any atom is 0.405 e. The molecule has 5 N–H and O–H groups in total. The third-order valence-corrected chi connectivity index (χ3v) is 5.62. The number of hydrogen-bond donors (Lipinski definition) is 4. The number of anilines is 3. The highest BCUT2D eigenvalue weighted by atomic mass is 19.4. The van der Waals surface area contributed by atoms with Crippen LogP contribution in [0.25, 0.3) is 27.7 Å². The molecule has 0 saturated carbocycles. The van der Waals surface area contributed by atoms with E-state index in [-0.39, 0.29) is 17.2 Å². The van der Waals surface area contributed by atoms with Crippen molar-refractivity contribution in [3.63, 3.8) is 0 Å². The van der Waals surface area contributed by atoms with Crippen LogP contribution in [0.2, 0.25) is 0 Å².